The molecule has 0 aromatic heterocycles. The second kappa shape index (κ2) is 8.54. The molecule has 2 rings (SSSR count). The predicted molar refractivity (Wildman–Crippen MR) is 93.7 cm³/mol. The van der Waals surface area contributed by atoms with Crippen molar-refractivity contribution >= 4 is 23.5 Å². The van der Waals surface area contributed by atoms with Crippen molar-refractivity contribution in [3.63, 3.8) is 0 Å². The highest BCUT2D eigenvalue weighted by atomic mass is 35.5. The lowest BCUT2D eigenvalue weighted by Gasteiger charge is -2.38. The summed E-state index contributed by atoms with van der Waals surface area (Å²) in [5.41, 5.74) is -0.523. The van der Waals surface area contributed by atoms with Crippen molar-refractivity contribution in [2.24, 2.45) is 0 Å². The summed E-state index contributed by atoms with van der Waals surface area (Å²) in [4.78, 5) is 25.1. The molecule has 1 N–H and O–H groups in total. The highest BCUT2D eigenvalue weighted by molar-refractivity contribution is 6.31. The van der Waals surface area contributed by atoms with Crippen molar-refractivity contribution < 1.29 is 23.8 Å². The number of amides is 1. The van der Waals surface area contributed by atoms with Gasteiger partial charge in [0, 0.05) is 12.7 Å². The quantitative estimate of drug-likeness (QED) is 0.616. The van der Waals surface area contributed by atoms with Crippen LogP contribution in [0.15, 0.2) is 24.3 Å². The molecule has 1 atom stereocenters. The Hall–Kier alpha value is -1.79. The number of halogens is 1. The zero-order valence-corrected chi connectivity index (χ0v) is 15.5. The fraction of sp³-hybridized carbons (Fsp3) is 0.556. The highest BCUT2D eigenvalue weighted by Gasteiger charge is 2.45. The number of alkyl halides is 1. The van der Waals surface area contributed by atoms with E-state index >= 15 is 0 Å². The van der Waals surface area contributed by atoms with Crippen molar-refractivity contribution in [1.29, 1.82) is 0 Å². The highest BCUT2D eigenvalue weighted by Crippen LogP contribution is 2.34. The first kappa shape index (κ1) is 19.5. The van der Waals surface area contributed by atoms with E-state index in [4.69, 9.17) is 25.8 Å². The van der Waals surface area contributed by atoms with Gasteiger partial charge in [-0.2, -0.15) is 0 Å². The Kier molecular flexibility index (Phi) is 6.67. The summed E-state index contributed by atoms with van der Waals surface area (Å²) in [6, 6.07) is 7.03. The first-order valence-corrected chi connectivity index (χ1v) is 8.61. The van der Waals surface area contributed by atoms with Gasteiger partial charge in [0.1, 0.15) is 16.7 Å². The van der Waals surface area contributed by atoms with Crippen LogP contribution in [-0.4, -0.2) is 44.8 Å². The van der Waals surface area contributed by atoms with E-state index < -0.39 is 22.8 Å². The van der Waals surface area contributed by atoms with Gasteiger partial charge in [0.25, 0.3) is 0 Å². The van der Waals surface area contributed by atoms with Crippen molar-refractivity contribution in [1.82, 2.24) is 5.32 Å². The summed E-state index contributed by atoms with van der Waals surface area (Å²) in [6.45, 7) is 0. The number of nitrogens with one attached hydrogen (secondary N) is 1. The third-order valence-electron chi connectivity index (χ3n) is 4.70. The number of carbonyl (C=O) groups is 2. The molecular formula is C18H24ClNO5. The van der Waals surface area contributed by atoms with Crippen LogP contribution in [0.5, 0.6) is 5.75 Å². The molecule has 0 bridgehead atoms. The molecular weight excluding hydrogens is 346 g/mol. The fourth-order valence-corrected chi connectivity index (χ4v) is 3.45. The number of esters is 1. The molecule has 1 unspecified atom stereocenters. The van der Waals surface area contributed by atoms with Gasteiger partial charge in [-0.3, -0.25) is 4.79 Å². The third-order valence-corrected chi connectivity index (χ3v) is 5.13. The molecule has 1 aromatic rings. The molecule has 1 aliphatic carbocycles. The molecule has 1 fully saturated rings. The number of para-hydroxylation sites is 1. The van der Waals surface area contributed by atoms with Gasteiger partial charge in [0.2, 0.25) is 5.91 Å². The van der Waals surface area contributed by atoms with Crippen LogP contribution in [0, 0.1) is 0 Å². The van der Waals surface area contributed by atoms with Gasteiger partial charge in [-0.25, -0.2) is 4.79 Å². The van der Waals surface area contributed by atoms with Crippen LogP contribution in [0.1, 0.15) is 36.6 Å². The van der Waals surface area contributed by atoms with Gasteiger partial charge in [0.15, 0.2) is 0 Å². The zero-order chi connectivity index (χ0) is 18.4. The summed E-state index contributed by atoms with van der Waals surface area (Å²) in [5, 5.41) is 1.85. The zero-order valence-electron chi connectivity index (χ0n) is 14.7. The molecule has 0 spiro atoms. The van der Waals surface area contributed by atoms with Crippen molar-refractivity contribution in [2.75, 3.05) is 21.3 Å². The smallest absolute Gasteiger partial charge is 0.331 e. The maximum atomic E-state index is 12.7. The lowest BCUT2D eigenvalue weighted by molar-refractivity contribution is -0.153. The first-order valence-electron chi connectivity index (χ1n) is 8.17. The number of rotatable bonds is 6. The molecule has 0 saturated heterocycles. The van der Waals surface area contributed by atoms with Gasteiger partial charge in [-0.15, -0.1) is 11.6 Å². The second-order valence-electron chi connectivity index (χ2n) is 6.10. The van der Waals surface area contributed by atoms with Gasteiger partial charge >= 0.3 is 5.97 Å². The summed E-state index contributed by atoms with van der Waals surface area (Å²) < 4.78 is 15.5. The Balaban J connectivity index is 2.18. The van der Waals surface area contributed by atoms with Crippen LogP contribution >= 0.6 is 11.6 Å². The fourth-order valence-electron chi connectivity index (χ4n) is 3.21. The Bertz CT molecular complexity index is 613. The van der Waals surface area contributed by atoms with Crippen LogP contribution < -0.4 is 10.1 Å². The standard InChI is InChI=1S/C18H24ClNO5/c1-23-12-8-10-18(11-9-12,17(22)25-3)20-16(21)15(19)13-6-4-5-7-14(13)24-2/h4-7,12,15H,8-11H2,1-3H3,(H,20,21). The van der Waals surface area contributed by atoms with Gasteiger partial charge in [-0.05, 0) is 31.7 Å². The molecule has 138 valence electrons. The third kappa shape index (κ3) is 4.25. The molecule has 0 heterocycles. The number of hydrogen-bond acceptors (Lipinski definition) is 5. The molecule has 1 aliphatic rings. The van der Waals surface area contributed by atoms with E-state index in [2.05, 4.69) is 5.32 Å². The molecule has 7 heteroatoms. The minimum Gasteiger partial charge on any atom is -0.496 e. The number of ether oxygens (including phenoxy) is 3. The van der Waals surface area contributed by atoms with E-state index in [1.54, 1.807) is 31.4 Å². The van der Waals surface area contributed by atoms with E-state index in [0.717, 1.165) is 0 Å². The van der Waals surface area contributed by atoms with Crippen LogP contribution in [0.2, 0.25) is 0 Å². The predicted octanol–water partition coefficient (Wildman–Crippen LogP) is 2.59. The SMILES string of the molecule is COC(=O)C1(NC(=O)C(Cl)c2ccccc2OC)CCC(OC)CC1. The van der Waals surface area contributed by atoms with Crippen molar-refractivity contribution in [2.45, 2.75) is 42.7 Å². The molecule has 1 amide bonds. The van der Waals surface area contributed by atoms with E-state index in [0.29, 0.717) is 37.0 Å². The largest absolute Gasteiger partial charge is 0.496 e. The topological polar surface area (TPSA) is 73.9 Å². The number of carbonyl (C=O) groups excluding carboxylic acids is 2. The van der Waals surface area contributed by atoms with E-state index in [9.17, 15) is 9.59 Å². The van der Waals surface area contributed by atoms with Gasteiger partial charge in [-0.1, -0.05) is 18.2 Å². The molecule has 25 heavy (non-hydrogen) atoms. The first-order chi connectivity index (χ1) is 12.0. The molecule has 0 radical (unpaired) electrons. The second-order valence-corrected chi connectivity index (χ2v) is 6.54. The molecule has 6 nitrogen and oxygen atoms in total. The van der Waals surface area contributed by atoms with Gasteiger partial charge in [0.05, 0.1) is 20.3 Å². The Morgan fingerprint density at radius 1 is 1.20 bits per heavy atom. The number of methoxy groups -OCH3 is 3. The lowest BCUT2D eigenvalue weighted by atomic mass is 9.80. The van der Waals surface area contributed by atoms with Gasteiger partial charge < -0.3 is 19.5 Å². The minimum atomic E-state index is -1.07. The maximum absolute atomic E-state index is 12.7. The molecule has 1 aromatic carbocycles. The monoisotopic (exact) mass is 369 g/mol. The normalized spacial score (nSPS) is 24.2. The van der Waals surface area contributed by atoms with Crippen LogP contribution in [0.4, 0.5) is 0 Å². The van der Waals surface area contributed by atoms with Crippen LogP contribution in [-0.2, 0) is 19.1 Å². The summed E-state index contributed by atoms with van der Waals surface area (Å²) in [6.07, 6.45) is 2.29. The molecule has 0 aliphatic heterocycles. The average Bonchev–Trinajstić information content (AvgIpc) is 2.67. The summed E-state index contributed by atoms with van der Waals surface area (Å²) in [5.74, 6) is -0.389. The summed E-state index contributed by atoms with van der Waals surface area (Å²) in [7, 11) is 4.48. The number of hydrogen-bond donors (Lipinski definition) is 1. The Labute approximate surface area is 152 Å². The summed E-state index contributed by atoms with van der Waals surface area (Å²) >= 11 is 6.36. The van der Waals surface area contributed by atoms with E-state index in [1.807, 2.05) is 0 Å². The van der Waals surface area contributed by atoms with Crippen LogP contribution in [0.25, 0.3) is 0 Å². The average molecular weight is 370 g/mol. The van der Waals surface area contributed by atoms with E-state index in [-0.39, 0.29) is 6.10 Å². The lowest BCUT2D eigenvalue weighted by Crippen LogP contribution is -2.58. The van der Waals surface area contributed by atoms with Crippen molar-refractivity contribution in [3.05, 3.63) is 29.8 Å². The minimum absolute atomic E-state index is 0.0794. The molecule has 1 saturated carbocycles. The number of benzene rings is 1. The van der Waals surface area contributed by atoms with Crippen LogP contribution in [0.3, 0.4) is 0 Å². The maximum Gasteiger partial charge on any atom is 0.331 e. The van der Waals surface area contributed by atoms with E-state index in [1.165, 1.54) is 14.2 Å². The van der Waals surface area contributed by atoms with Crippen molar-refractivity contribution in [3.8, 4) is 5.75 Å². The Morgan fingerprint density at radius 2 is 1.84 bits per heavy atom. The Morgan fingerprint density at radius 3 is 2.40 bits per heavy atom.